The summed E-state index contributed by atoms with van der Waals surface area (Å²) in [6.07, 6.45) is 6.80. The Bertz CT molecular complexity index is 693. The summed E-state index contributed by atoms with van der Waals surface area (Å²) < 4.78 is 0. The maximum atomic E-state index is 7.68. The molecule has 1 fully saturated rings. The van der Waals surface area contributed by atoms with Gasteiger partial charge in [-0.15, -0.1) is 0 Å². The van der Waals surface area contributed by atoms with E-state index in [-0.39, 0.29) is 0 Å². The van der Waals surface area contributed by atoms with Crippen LogP contribution in [-0.2, 0) is 0 Å². The molecular weight excluding hydrogens is 302 g/mol. The van der Waals surface area contributed by atoms with Crippen molar-refractivity contribution in [3.8, 4) is 0 Å². The third kappa shape index (κ3) is 4.14. The highest BCUT2D eigenvalue weighted by Crippen LogP contribution is 2.21. The van der Waals surface area contributed by atoms with Crippen molar-refractivity contribution < 1.29 is 0 Å². The van der Waals surface area contributed by atoms with E-state index in [0.717, 1.165) is 31.6 Å². The number of piperidine rings is 1. The van der Waals surface area contributed by atoms with Crippen LogP contribution in [0.3, 0.4) is 0 Å². The summed E-state index contributed by atoms with van der Waals surface area (Å²) in [6.45, 7) is 2.06. The van der Waals surface area contributed by atoms with Gasteiger partial charge >= 0.3 is 0 Å². The smallest absolute Gasteiger partial charge is 0.160 e. The molecule has 2 aromatic rings. The molecule has 0 amide bonds. The molecule has 4 N–H and O–H groups in total. The van der Waals surface area contributed by atoms with Gasteiger partial charge in [-0.1, -0.05) is 18.2 Å². The quantitative estimate of drug-likeness (QED) is 0.484. The second-order valence-corrected chi connectivity index (χ2v) is 5.60. The second-order valence-electron chi connectivity index (χ2n) is 5.60. The van der Waals surface area contributed by atoms with Crippen LogP contribution in [0.5, 0.6) is 0 Å². The Labute approximate surface area is 141 Å². The van der Waals surface area contributed by atoms with E-state index in [1.807, 2.05) is 36.5 Å². The normalized spacial score (nSPS) is 15.3. The van der Waals surface area contributed by atoms with Crippen molar-refractivity contribution in [3.63, 3.8) is 0 Å². The summed E-state index contributed by atoms with van der Waals surface area (Å²) >= 11 is 0. The minimum Gasteiger partial charge on any atom is -0.340 e. The van der Waals surface area contributed by atoms with E-state index in [1.165, 1.54) is 12.5 Å². The van der Waals surface area contributed by atoms with Crippen molar-refractivity contribution in [2.75, 3.05) is 23.8 Å². The maximum Gasteiger partial charge on any atom is 0.160 e. The maximum absolute atomic E-state index is 7.68. The van der Waals surface area contributed by atoms with Crippen LogP contribution in [0.15, 0.2) is 41.8 Å². The lowest BCUT2D eigenvalue weighted by Crippen LogP contribution is -2.28. The number of nitrogens with one attached hydrogen (secondary N) is 4. The molecule has 2 heterocycles. The molecule has 0 spiro atoms. The van der Waals surface area contributed by atoms with Gasteiger partial charge in [0.15, 0.2) is 5.82 Å². The van der Waals surface area contributed by atoms with Crippen LogP contribution in [0.2, 0.25) is 0 Å². The molecule has 3 rings (SSSR count). The fraction of sp³-hybridized carbons (Fsp3) is 0.294. The van der Waals surface area contributed by atoms with Gasteiger partial charge in [-0.2, -0.15) is 5.10 Å². The Kier molecular flexibility index (Phi) is 5.47. The van der Waals surface area contributed by atoms with Crippen molar-refractivity contribution in [2.45, 2.75) is 12.8 Å². The monoisotopic (exact) mass is 323 g/mol. The molecule has 7 nitrogen and oxygen atoms in total. The van der Waals surface area contributed by atoms with Gasteiger partial charge < -0.3 is 16.0 Å². The predicted molar refractivity (Wildman–Crippen MR) is 97.4 cm³/mol. The molecule has 0 radical (unpaired) electrons. The van der Waals surface area contributed by atoms with E-state index in [1.54, 1.807) is 0 Å². The van der Waals surface area contributed by atoms with Crippen molar-refractivity contribution in [2.24, 2.45) is 11.0 Å². The summed E-state index contributed by atoms with van der Waals surface area (Å²) in [4.78, 5) is 8.42. The summed E-state index contributed by atoms with van der Waals surface area (Å²) in [5.41, 5.74) is 4.42. The van der Waals surface area contributed by atoms with Gasteiger partial charge in [0, 0.05) is 18.1 Å². The molecule has 0 bridgehead atoms. The lowest BCUT2D eigenvalue weighted by atomic mass is 10.00. The lowest BCUT2D eigenvalue weighted by molar-refractivity contribution is 0.462. The van der Waals surface area contributed by atoms with E-state index >= 15 is 0 Å². The number of para-hydroxylation sites is 1. The molecule has 1 aromatic carbocycles. The molecule has 7 heteroatoms. The molecule has 0 saturated carbocycles. The van der Waals surface area contributed by atoms with Gasteiger partial charge in [-0.3, -0.25) is 5.43 Å². The molecule has 0 unspecified atom stereocenters. The minimum atomic E-state index is 0.478. The standard InChI is InChI=1S/C17H21N7/c18-10-15-16(23-14-4-2-1-3-5-14)20-12-21-17(15)24-22-11-13-6-8-19-9-7-13/h1-5,10-13,18-19H,6-9H2,(H2,20,21,23,24)/b18-10?,22-11+. The Morgan fingerprint density at radius 2 is 1.88 bits per heavy atom. The zero-order valence-electron chi connectivity index (χ0n) is 13.4. The third-order valence-electron chi connectivity index (χ3n) is 3.90. The zero-order valence-corrected chi connectivity index (χ0v) is 13.4. The van der Waals surface area contributed by atoms with Crippen LogP contribution in [0, 0.1) is 11.3 Å². The Morgan fingerprint density at radius 1 is 1.12 bits per heavy atom. The van der Waals surface area contributed by atoms with E-state index in [4.69, 9.17) is 5.41 Å². The topological polar surface area (TPSA) is 98.1 Å². The highest BCUT2D eigenvalue weighted by atomic mass is 15.3. The Balaban J connectivity index is 1.72. The molecule has 0 aliphatic carbocycles. The summed E-state index contributed by atoms with van der Waals surface area (Å²) in [5.74, 6) is 1.57. The molecular formula is C17H21N7. The predicted octanol–water partition coefficient (Wildman–Crippen LogP) is 2.62. The molecule has 24 heavy (non-hydrogen) atoms. The number of aromatic nitrogens is 2. The first-order valence-electron chi connectivity index (χ1n) is 8.04. The van der Waals surface area contributed by atoms with E-state index in [0.29, 0.717) is 23.1 Å². The van der Waals surface area contributed by atoms with E-state index < -0.39 is 0 Å². The van der Waals surface area contributed by atoms with Gasteiger partial charge in [0.2, 0.25) is 0 Å². The fourth-order valence-corrected chi connectivity index (χ4v) is 2.58. The Morgan fingerprint density at radius 3 is 2.62 bits per heavy atom. The van der Waals surface area contributed by atoms with Crippen molar-refractivity contribution in [1.82, 2.24) is 15.3 Å². The van der Waals surface area contributed by atoms with Gasteiger partial charge in [0.1, 0.15) is 12.1 Å². The van der Waals surface area contributed by atoms with Crippen LogP contribution in [0.4, 0.5) is 17.3 Å². The van der Waals surface area contributed by atoms with Crippen LogP contribution < -0.4 is 16.1 Å². The molecule has 1 saturated heterocycles. The van der Waals surface area contributed by atoms with Crippen molar-refractivity contribution >= 4 is 29.8 Å². The fourth-order valence-electron chi connectivity index (χ4n) is 2.58. The number of hydrogen-bond acceptors (Lipinski definition) is 7. The SMILES string of the molecule is N=Cc1c(N/N=C/C2CCNCC2)ncnc1Nc1ccccc1. The van der Waals surface area contributed by atoms with Crippen LogP contribution in [0.25, 0.3) is 0 Å². The second kappa shape index (κ2) is 8.16. The molecule has 1 aromatic heterocycles. The molecule has 1 aliphatic rings. The van der Waals surface area contributed by atoms with Crippen molar-refractivity contribution in [1.29, 1.82) is 5.41 Å². The summed E-state index contributed by atoms with van der Waals surface area (Å²) in [7, 11) is 0. The van der Waals surface area contributed by atoms with Crippen LogP contribution >= 0.6 is 0 Å². The first-order chi connectivity index (χ1) is 11.9. The molecule has 124 valence electrons. The first kappa shape index (κ1) is 16.1. The van der Waals surface area contributed by atoms with Crippen LogP contribution in [-0.4, -0.2) is 35.5 Å². The number of anilines is 3. The molecule has 1 aliphatic heterocycles. The van der Waals surface area contributed by atoms with Gasteiger partial charge in [-0.05, 0) is 44.0 Å². The summed E-state index contributed by atoms with van der Waals surface area (Å²) in [6, 6.07) is 9.72. The average molecular weight is 323 g/mol. The molecule has 0 atom stereocenters. The number of nitrogens with zero attached hydrogens (tertiary/aromatic N) is 3. The van der Waals surface area contributed by atoms with Gasteiger partial charge in [0.25, 0.3) is 0 Å². The zero-order chi connectivity index (χ0) is 16.6. The number of hydrazone groups is 1. The Hall–Kier alpha value is -2.80. The van der Waals surface area contributed by atoms with Gasteiger partial charge in [0.05, 0.1) is 5.56 Å². The van der Waals surface area contributed by atoms with E-state index in [2.05, 4.69) is 31.1 Å². The number of rotatable bonds is 6. The highest BCUT2D eigenvalue weighted by Gasteiger charge is 2.11. The largest absolute Gasteiger partial charge is 0.340 e. The highest BCUT2D eigenvalue weighted by molar-refractivity contribution is 5.91. The lowest BCUT2D eigenvalue weighted by Gasteiger charge is -2.18. The first-order valence-corrected chi connectivity index (χ1v) is 8.04. The van der Waals surface area contributed by atoms with E-state index in [9.17, 15) is 0 Å². The van der Waals surface area contributed by atoms with Gasteiger partial charge in [-0.25, -0.2) is 9.97 Å². The average Bonchev–Trinajstić information content (AvgIpc) is 2.64. The van der Waals surface area contributed by atoms with Crippen LogP contribution in [0.1, 0.15) is 18.4 Å². The minimum absolute atomic E-state index is 0.478. The summed E-state index contributed by atoms with van der Waals surface area (Å²) in [5, 5.41) is 18.5. The number of hydrogen-bond donors (Lipinski definition) is 4. The third-order valence-corrected chi connectivity index (χ3v) is 3.90. The van der Waals surface area contributed by atoms with Crippen molar-refractivity contribution in [3.05, 3.63) is 42.2 Å². The number of benzene rings is 1.